The zero-order chi connectivity index (χ0) is 10.3. The molecule has 0 spiro atoms. The first-order valence-corrected chi connectivity index (χ1v) is 6.40. The third kappa shape index (κ3) is 1.98. The second kappa shape index (κ2) is 3.91. The molecule has 0 aromatic carbocycles. The predicted octanol–water partition coefficient (Wildman–Crippen LogP) is 1.45. The Bertz CT molecular complexity index is 253. The van der Waals surface area contributed by atoms with Crippen LogP contribution >= 0.6 is 0 Å². The fourth-order valence-electron chi connectivity index (χ4n) is 3.47. The second-order valence-electron chi connectivity index (χ2n) is 5.64. The topological polar surface area (TPSA) is 6.48 Å². The Kier molecular flexibility index (Phi) is 2.57. The Morgan fingerprint density at radius 3 is 2.47 bits per heavy atom. The van der Waals surface area contributed by atoms with Crippen molar-refractivity contribution < 1.29 is 0 Å². The monoisotopic (exact) mass is 206 g/mol. The van der Waals surface area contributed by atoms with Crippen LogP contribution < -0.4 is 0 Å². The molecule has 0 aromatic heterocycles. The van der Waals surface area contributed by atoms with E-state index in [1.807, 2.05) is 0 Å². The molecular weight excluding hydrogens is 184 g/mol. The number of piperazine rings is 1. The quantitative estimate of drug-likeness (QED) is 0.631. The highest BCUT2D eigenvalue weighted by Gasteiger charge is 2.36. The van der Waals surface area contributed by atoms with Gasteiger partial charge < -0.3 is 9.80 Å². The molecule has 2 nitrogen and oxygen atoms in total. The van der Waals surface area contributed by atoms with Crippen LogP contribution in [0.3, 0.4) is 0 Å². The van der Waals surface area contributed by atoms with E-state index in [4.69, 9.17) is 0 Å². The molecule has 15 heavy (non-hydrogen) atoms. The van der Waals surface area contributed by atoms with E-state index in [0.29, 0.717) is 0 Å². The van der Waals surface area contributed by atoms with Crippen LogP contribution in [0.5, 0.6) is 0 Å². The molecule has 3 atom stereocenters. The average molecular weight is 206 g/mol. The zero-order valence-corrected chi connectivity index (χ0v) is 9.73. The highest BCUT2D eigenvalue weighted by molar-refractivity contribution is 5.10. The molecule has 2 fully saturated rings. The summed E-state index contributed by atoms with van der Waals surface area (Å²) in [6.45, 7) is 6.45. The molecule has 0 radical (unpaired) electrons. The molecule has 1 saturated carbocycles. The minimum atomic E-state index is 0.926. The lowest BCUT2D eigenvalue weighted by Crippen LogP contribution is -2.46. The largest absolute Gasteiger partial charge is 0.304 e. The first-order valence-electron chi connectivity index (χ1n) is 6.40. The number of hydrogen-bond donors (Lipinski definition) is 0. The van der Waals surface area contributed by atoms with E-state index in [0.717, 1.165) is 17.8 Å². The van der Waals surface area contributed by atoms with Crippen molar-refractivity contribution in [3.63, 3.8) is 0 Å². The van der Waals surface area contributed by atoms with Crippen molar-refractivity contribution in [3.05, 3.63) is 12.2 Å². The molecule has 1 heterocycles. The number of hydrogen-bond acceptors (Lipinski definition) is 2. The molecule has 0 amide bonds. The smallest absolute Gasteiger partial charge is 0.0110 e. The van der Waals surface area contributed by atoms with Crippen molar-refractivity contribution in [2.24, 2.45) is 17.8 Å². The van der Waals surface area contributed by atoms with E-state index in [1.165, 1.54) is 45.6 Å². The lowest BCUT2D eigenvalue weighted by molar-refractivity contribution is 0.130. The predicted molar refractivity (Wildman–Crippen MR) is 62.8 cm³/mol. The molecular formula is C13H22N2. The maximum atomic E-state index is 2.68. The first-order chi connectivity index (χ1) is 7.31. The summed E-state index contributed by atoms with van der Waals surface area (Å²) in [7, 11) is 2.23. The van der Waals surface area contributed by atoms with Crippen molar-refractivity contribution in [2.45, 2.75) is 12.8 Å². The summed E-state index contributed by atoms with van der Waals surface area (Å²) < 4.78 is 0. The van der Waals surface area contributed by atoms with Crippen LogP contribution in [0.25, 0.3) is 0 Å². The Morgan fingerprint density at radius 2 is 1.87 bits per heavy atom. The summed E-state index contributed by atoms with van der Waals surface area (Å²) in [5.74, 6) is 2.84. The molecule has 2 aliphatic carbocycles. The van der Waals surface area contributed by atoms with Crippen LogP contribution in [0.15, 0.2) is 12.2 Å². The standard InChI is InChI=1S/C13H22N2/c1-14-4-6-15(7-5-14)10-13-9-11-2-3-12(13)8-11/h2-3,11-13H,4-10H2,1H3/t11-,12+,13-/m0/s1. The molecule has 0 aromatic rings. The maximum absolute atomic E-state index is 2.68. The number of likely N-dealkylation sites (N-methyl/N-ethyl adjacent to an activating group) is 1. The van der Waals surface area contributed by atoms with Crippen LogP contribution in [-0.2, 0) is 0 Å². The van der Waals surface area contributed by atoms with Gasteiger partial charge in [0.15, 0.2) is 0 Å². The molecule has 1 aliphatic heterocycles. The van der Waals surface area contributed by atoms with Crippen LogP contribution in [0.1, 0.15) is 12.8 Å². The third-order valence-corrected chi connectivity index (χ3v) is 4.50. The highest BCUT2D eigenvalue weighted by atomic mass is 15.2. The van der Waals surface area contributed by atoms with E-state index in [-0.39, 0.29) is 0 Å². The van der Waals surface area contributed by atoms with Gasteiger partial charge in [0.1, 0.15) is 0 Å². The molecule has 1 saturated heterocycles. The second-order valence-corrected chi connectivity index (χ2v) is 5.64. The van der Waals surface area contributed by atoms with Crippen molar-refractivity contribution in [1.82, 2.24) is 9.80 Å². The molecule has 2 heteroatoms. The number of fused-ring (bicyclic) bond motifs is 2. The van der Waals surface area contributed by atoms with E-state index < -0.39 is 0 Å². The van der Waals surface area contributed by atoms with Gasteiger partial charge in [0, 0.05) is 32.7 Å². The normalized spacial score (nSPS) is 41.5. The van der Waals surface area contributed by atoms with E-state index in [9.17, 15) is 0 Å². The Morgan fingerprint density at radius 1 is 1.07 bits per heavy atom. The van der Waals surface area contributed by atoms with Gasteiger partial charge in [-0.2, -0.15) is 0 Å². The van der Waals surface area contributed by atoms with Crippen molar-refractivity contribution >= 4 is 0 Å². The van der Waals surface area contributed by atoms with E-state index >= 15 is 0 Å². The first kappa shape index (κ1) is 9.86. The van der Waals surface area contributed by atoms with Gasteiger partial charge in [-0.3, -0.25) is 0 Å². The summed E-state index contributed by atoms with van der Waals surface area (Å²) >= 11 is 0. The molecule has 3 aliphatic rings. The highest BCUT2D eigenvalue weighted by Crippen LogP contribution is 2.43. The Balaban J connectivity index is 1.51. The molecule has 3 rings (SSSR count). The SMILES string of the molecule is CN1CCN(C[C@@H]2C[C@H]3C=C[C@@H]2C3)CC1. The summed E-state index contributed by atoms with van der Waals surface area (Å²) in [5, 5.41) is 0. The van der Waals surface area contributed by atoms with E-state index in [1.54, 1.807) is 0 Å². The van der Waals surface area contributed by atoms with Gasteiger partial charge in [-0.15, -0.1) is 0 Å². The fourth-order valence-corrected chi connectivity index (χ4v) is 3.47. The van der Waals surface area contributed by atoms with Gasteiger partial charge in [0.25, 0.3) is 0 Å². The maximum Gasteiger partial charge on any atom is 0.0110 e. The number of nitrogens with zero attached hydrogens (tertiary/aromatic N) is 2. The van der Waals surface area contributed by atoms with Crippen LogP contribution in [-0.4, -0.2) is 49.6 Å². The van der Waals surface area contributed by atoms with Crippen molar-refractivity contribution in [3.8, 4) is 0 Å². The molecule has 0 unspecified atom stereocenters. The van der Waals surface area contributed by atoms with Gasteiger partial charge in [-0.25, -0.2) is 0 Å². The van der Waals surface area contributed by atoms with Gasteiger partial charge in [0.05, 0.1) is 0 Å². The van der Waals surface area contributed by atoms with Crippen molar-refractivity contribution in [1.29, 1.82) is 0 Å². The molecule has 84 valence electrons. The summed E-state index contributed by atoms with van der Waals surface area (Å²) in [6, 6.07) is 0. The van der Waals surface area contributed by atoms with Crippen LogP contribution in [0, 0.1) is 17.8 Å². The Hall–Kier alpha value is -0.340. The summed E-state index contributed by atoms with van der Waals surface area (Å²) in [5.41, 5.74) is 0. The van der Waals surface area contributed by atoms with Gasteiger partial charge >= 0.3 is 0 Å². The van der Waals surface area contributed by atoms with Crippen LogP contribution in [0.4, 0.5) is 0 Å². The molecule has 2 bridgehead atoms. The van der Waals surface area contributed by atoms with Crippen molar-refractivity contribution in [2.75, 3.05) is 39.8 Å². The van der Waals surface area contributed by atoms with E-state index in [2.05, 4.69) is 29.0 Å². The number of rotatable bonds is 2. The number of allylic oxidation sites excluding steroid dienone is 2. The van der Waals surface area contributed by atoms with Gasteiger partial charge in [0.2, 0.25) is 0 Å². The minimum absolute atomic E-state index is 0.926. The minimum Gasteiger partial charge on any atom is -0.304 e. The average Bonchev–Trinajstić information content (AvgIpc) is 2.83. The van der Waals surface area contributed by atoms with Gasteiger partial charge in [-0.05, 0) is 37.6 Å². The summed E-state index contributed by atoms with van der Waals surface area (Å²) in [6.07, 6.45) is 7.85. The van der Waals surface area contributed by atoms with Crippen LogP contribution in [0.2, 0.25) is 0 Å². The lowest BCUT2D eigenvalue weighted by Gasteiger charge is -2.35. The fraction of sp³-hybridized carbons (Fsp3) is 0.846. The molecule has 0 N–H and O–H groups in total. The summed E-state index contributed by atoms with van der Waals surface area (Å²) in [4.78, 5) is 5.12. The third-order valence-electron chi connectivity index (χ3n) is 4.50. The zero-order valence-electron chi connectivity index (χ0n) is 9.73. The lowest BCUT2D eigenvalue weighted by atomic mass is 9.93. The van der Waals surface area contributed by atoms with Gasteiger partial charge in [-0.1, -0.05) is 12.2 Å². The Labute approximate surface area is 92.9 Å².